The van der Waals surface area contributed by atoms with Gasteiger partial charge in [-0.3, -0.25) is 0 Å². The lowest BCUT2D eigenvalue weighted by molar-refractivity contribution is 0.0684. The monoisotopic (exact) mass is 439 g/mol. The van der Waals surface area contributed by atoms with Crippen molar-refractivity contribution in [3.05, 3.63) is 36.4 Å². The van der Waals surface area contributed by atoms with Gasteiger partial charge in [-0.1, -0.05) is 31.2 Å². The van der Waals surface area contributed by atoms with Crippen molar-refractivity contribution in [3.8, 4) is 0 Å². The number of nitrogens with zero attached hydrogens (tertiary/aromatic N) is 1. The van der Waals surface area contributed by atoms with E-state index in [1.807, 2.05) is 71.0 Å². The molecule has 0 aromatic heterocycles. The van der Waals surface area contributed by atoms with E-state index >= 15 is 0 Å². The molecule has 0 N–H and O–H groups in total. The molecule has 0 radical (unpaired) electrons. The molecule has 0 saturated carbocycles. The molecule has 0 amide bonds. The summed E-state index contributed by atoms with van der Waals surface area (Å²) in [5.74, 6) is 0. The van der Waals surface area contributed by atoms with Gasteiger partial charge < -0.3 is 18.2 Å². The quantitative estimate of drug-likeness (QED) is 0.492. The summed E-state index contributed by atoms with van der Waals surface area (Å²) in [4.78, 5) is 1.40. The van der Waals surface area contributed by atoms with Gasteiger partial charge in [0.05, 0.1) is 4.90 Å². The van der Waals surface area contributed by atoms with E-state index in [-0.39, 0.29) is 0 Å². The van der Waals surface area contributed by atoms with E-state index in [4.69, 9.17) is 13.3 Å². The lowest BCUT2D eigenvalue weighted by Gasteiger charge is -2.34. The summed E-state index contributed by atoms with van der Waals surface area (Å²) < 4.78 is 45.7. The first-order valence-electron chi connectivity index (χ1n) is 10.1. The highest BCUT2D eigenvalue weighted by atomic mass is 32.2. The predicted molar refractivity (Wildman–Crippen MR) is 120 cm³/mol. The maximum Gasteiger partial charge on any atom is 0.520 e. The molecule has 1 unspecified atom stereocenters. The number of hydrogen-bond donors (Lipinski definition) is 0. The summed E-state index contributed by atoms with van der Waals surface area (Å²) >= 11 is 0. The SMILES string of the molecule is CCO[Si](OCC)(OCC)C(CC)S(=O)(=O)c1cccc2c(N(C)C)cccc12. The van der Waals surface area contributed by atoms with Gasteiger partial charge in [0.1, 0.15) is 4.87 Å². The fraction of sp³-hybridized carbons (Fsp3) is 0.524. The molecule has 2 rings (SSSR count). The first kappa shape index (κ1) is 23.8. The Morgan fingerprint density at radius 3 is 1.86 bits per heavy atom. The molecule has 2 aromatic rings. The molecule has 29 heavy (non-hydrogen) atoms. The zero-order valence-electron chi connectivity index (χ0n) is 18.3. The van der Waals surface area contributed by atoms with Crippen molar-refractivity contribution < 1.29 is 21.7 Å². The van der Waals surface area contributed by atoms with Crippen LogP contribution in [-0.4, -0.2) is 56.0 Å². The lowest BCUT2D eigenvalue weighted by atomic mass is 10.1. The summed E-state index contributed by atoms with van der Waals surface area (Å²) in [5, 5.41) is 1.59. The van der Waals surface area contributed by atoms with Crippen LogP contribution < -0.4 is 4.90 Å². The van der Waals surface area contributed by atoms with Crippen molar-refractivity contribution in [3.63, 3.8) is 0 Å². The highest BCUT2D eigenvalue weighted by molar-refractivity contribution is 7.94. The van der Waals surface area contributed by atoms with E-state index in [2.05, 4.69) is 0 Å². The highest BCUT2D eigenvalue weighted by Gasteiger charge is 2.55. The van der Waals surface area contributed by atoms with Crippen LogP contribution in [0.3, 0.4) is 0 Å². The van der Waals surface area contributed by atoms with Gasteiger partial charge >= 0.3 is 8.80 Å². The van der Waals surface area contributed by atoms with Gasteiger partial charge in [-0.25, -0.2) is 8.42 Å². The zero-order chi connectivity index (χ0) is 21.7. The largest absolute Gasteiger partial charge is 0.520 e. The summed E-state index contributed by atoms with van der Waals surface area (Å²) in [5.41, 5.74) is 0.968. The Morgan fingerprint density at radius 1 is 0.862 bits per heavy atom. The van der Waals surface area contributed by atoms with Crippen molar-refractivity contribution in [2.75, 3.05) is 38.8 Å². The second kappa shape index (κ2) is 10.0. The number of rotatable bonds is 11. The highest BCUT2D eigenvalue weighted by Crippen LogP contribution is 2.35. The summed E-state index contributed by atoms with van der Waals surface area (Å²) in [6, 6.07) is 11.1. The van der Waals surface area contributed by atoms with E-state index < -0.39 is 23.5 Å². The standard InChI is InChI=1S/C21H33NO5SSi/c1-7-21(29(25-8-2,26-9-3)27-10-4)28(23,24)20-16-12-13-17-18(20)14-11-15-19(17)22(5)6/h11-16,21H,7-10H2,1-6H3. The number of anilines is 1. The molecule has 162 valence electrons. The summed E-state index contributed by atoms with van der Waals surface area (Å²) in [6.45, 7) is 8.34. The third-order valence-electron chi connectivity index (χ3n) is 4.82. The minimum Gasteiger partial charge on any atom is -0.377 e. The minimum absolute atomic E-state index is 0.293. The maximum atomic E-state index is 13.9. The normalized spacial score (nSPS) is 13.6. The zero-order valence-corrected chi connectivity index (χ0v) is 20.1. The number of fused-ring (bicyclic) bond motifs is 1. The molecule has 6 nitrogen and oxygen atoms in total. The Kier molecular flexibility index (Phi) is 8.25. The molecule has 1 atom stereocenters. The number of sulfone groups is 1. The van der Waals surface area contributed by atoms with Gasteiger partial charge in [0, 0.05) is 50.4 Å². The Bertz CT molecular complexity index is 899. The van der Waals surface area contributed by atoms with Crippen LogP contribution >= 0.6 is 0 Å². The molecule has 2 aromatic carbocycles. The van der Waals surface area contributed by atoms with Gasteiger partial charge in [0.2, 0.25) is 0 Å². The molecule has 0 spiro atoms. The fourth-order valence-corrected chi connectivity index (χ4v) is 10.2. The number of hydrogen-bond acceptors (Lipinski definition) is 6. The van der Waals surface area contributed by atoms with Gasteiger partial charge in [0.15, 0.2) is 9.84 Å². The molecule has 8 heteroatoms. The van der Waals surface area contributed by atoms with Crippen LogP contribution in [0.2, 0.25) is 0 Å². The number of benzene rings is 2. The van der Waals surface area contributed by atoms with E-state index in [0.717, 1.165) is 11.1 Å². The molecule has 0 aliphatic rings. The van der Waals surface area contributed by atoms with E-state index in [1.54, 1.807) is 12.1 Å². The van der Waals surface area contributed by atoms with Crippen molar-refractivity contribution in [1.82, 2.24) is 0 Å². The van der Waals surface area contributed by atoms with Crippen molar-refractivity contribution in [2.45, 2.75) is 43.9 Å². The molecule has 0 aliphatic carbocycles. The fourth-order valence-electron chi connectivity index (χ4n) is 3.72. The van der Waals surface area contributed by atoms with Gasteiger partial charge in [-0.2, -0.15) is 0 Å². The molecular weight excluding hydrogens is 406 g/mol. The third-order valence-corrected chi connectivity index (χ3v) is 11.9. The van der Waals surface area contributed by atoms with Crippen LogP contribution in [0.4, 0.5) is 5.69 Å². The topological polar surface area (TPSA) is 65.1 Å². The average Bonchev–Trinajstić information content (AvgIpc) is 2.67. The van der Waals surface area contributed by atoms with E-state index in [1.165, 1.54) is 0 Å². The smallest absolute Gasteiger partial charge is 0.377 e. The molecular formula is C21H33NO5SSi. The van der Waals surface area contributed by atoms with Gasteiger partial charge in [0.25, 0.3) is 0 Å². The second-order valence-electron chi connectivity index (χ2n) is 6.87. The van der Waals surface area contributed by atoms with Crippen molar-refractivity contribution in [1.29, 1.82) is 0 Å². The predicted octanol–water partition coefficient (Wildman–Crippen LogP) is 4.05. The Labute approximate surface area is 176 Å². The van der Waals surface area contributed by atoms with E-state index in [9.17, 15) is 8.42 Å². The first-order valence-corrected chi connectivity index (χ1v) is 13.5. The Morgan fingerprint density at radius 2 is 1.38 bits per heavy atom. The van der Waals surface area contributed by atoms with Crippen LogP contribution in [-0.2, 0) is 23.1 Å². The van der Waals surface area contributed by atoms with Crippen LogP contribution in [0.1, 0.15) is 34.1 Å². The first-order chi connectivity index (χ1) is 13.8. The van der Waals surface area contributed by atoms with Crippen LogP contribution in [0.25, 0.3) is 10.8 Å². The van der Waals surface area contributed by atoms with Gasteiger partial charge in [-0.15, -0.1) is 0 Å². The van der Waals surface area contributed by atoms with Gasteiger partial charge in [-0.05, 0) is 39.3 Å². The molecule has 0 fully saturated rings. The van der Waals surface area contributed by atoms with Crippen molar-refractivity contribution in [2.24, 2.45) is 0 Å². The minimum atomic E-state index is -3.78. The maximum absolute atomic E-state index is 13.9. The van der Waals surface area contributed by atoms with Crippen molar-refractivity contribution >= 4 is 35.1 Å². The molecule has 0 heterocycles. The Hall–Kier alpha value is -1.45. The molecule has 0 aliphatic heterocycles. The second-order valence-corrected chi connectivity index (χ2v) is 12.2. The van der Waals surface area contributed by atoms with Crippen LogP contribution in [0.5, 0.6) is 0 Å². The summed E-state index contributed by atoms with van der Waals surface area (Å²) in [7, 11) is -3.35. The Balaban J connectivity index is 2.72. The molecule has 0 saturated heterocycles. The van der Waals surface area contributed by atoms with Crippen LogP contribution in [0.15, 0.2) is 41.3 Å². The lowest BCUT2D eigenvalue weighted by Crippen LogP contribution is -2.59. The third kappa shape index (κ3) is 4.67. The van der Waals surface area contributed by atoms with E-state index in [0.29, 0.717) is 36.5 Å². The molecule has 0 bridgehead atoms. The summed E-state index contributed by atoms with van der Waals surface area (Å²) in [6.07, 6.45) is 0.346. The van der Waals surface area contributed by atoms with Crippen LogP contribution in [0, 0.1) is 0 Å². The average molecular weight is 440 g/mol.